The third kappa shape index (κ3) is 8.12. The molecule has 48 heavy (non-hydrogen) atoms. The first-order valence-electron chi connectivity index (χ1n) is 16.0. The normalized spacial score (nSPS) is 14.6. The highest BCUT2D eigenvalue weighted by Gasteiger charge is 2.35. The van der Waals surface area contributed by atoms with Crippen LogP contribution < -0.4 is 10.3 Å². The molecule has 13 heteroatoms. The van der Waals surface area contributed by atoms with E-state index in [1.165, 1.54) is 4.90 Å². The molecule has 1 aliphatic heterocycles. The maximum absolute atomic E-state index is 15.5. The number of carbonyl (C=O) groups is 4. The third-order valence-electron chi connectivity index (χ3n) is 8.09. The molecule has 1 saturated heterocycles. The van der Waals surface area contributed by atoms with Crippen LogP contribution in [0.15, 0.2) is 41.3 Å². The van der Waals surface area contributed by atoms with Crippen LogP contribution in [0.5, 0.6) is 0 Å². The number of carbonyl (C=O) groups excluding carboxylic acids is 3. The first-order chi connectivity index (χ1) is 22.7. The van der Waals surface area contributed by atoms with E-state index in [0.29, 0.717) is 29.0 Å². The molecule has 2 heterocycles. The Kier molecular flexibility index (Phi) is 11.5. The van der Waals surface area contributed by atoms with Crippen molar-refractivity contribution >= 4 is 40.6 Å². The molecule has 1 fully saturated rings. The van der Waals surface area contributed by atoms with Gasteiger partial charge in [0.2, 0.25) is 5.43 Å². The number of carboxylic acid groups (broad SMARTS) is 1. The molecule has 2 N–H and O–H groups in total. The number of rotatable bonds is 11. The number of aromatic nitrogens is 1. The number of halogens is 1. The second-order valence-corrected chi connectivity index (χ2v) is 12.5. The predicted molar refractivity (Wildman–Crippen MR) is 176 cm³/mol. The van der Waals surface area contributed by atoms with Crippen molar-refractivity contribution in [1.29, 1.82) is 0 Å². The third-order valence-corrected chi connectivity index (χ3v) is 8.09. The monoisotopic (exact) mass is 667 g/mol. The van der Waals surface area contributed by atoms with Gasteiger partial charge in [-0.05, 0) is 56.7 Å². The van der Waals surface area contributed by atoms with Crippen LogP contribution in [0.25, 0.3) is 10.9 Å². The summed E-state index contributed by atoms with van der Waals surface area (Å²) in [5.41, 5.74) is 1.57. The molecule has 1 amide bonds. The zero-order chi connectivity index (χ0) is 35.3. The lowest BCUT2D eigenvalue weighted by Crippen LogP contribution is -2.51. The summed E-state index contributed by atoms with van der Waals surface area (Å²) in [5.74, 6) is -4.21. The van der Waals surface area contributed by atoms with Crippen molar-refractivity contribution in [2.75, 3.05) is 31.1 Å². The van der Waals surface area contributed by atoms with Crippen molar-refractivity contribution in [3.63, 3.8) is 0 Å². The summed E-state index contributed by atoms with van der Waals surface area (Å²) in [6.45, 7) is 11.4. The Bertz CT molecular complexity index is 1730. The summed E-state index contributed by atoms with van der Waals surface area (Å²) in [5, 5.41) is 9.23. The Labute approximate surface area is 277 Å². The van der Waals surface area contributed by atoms with Gasteiger partial charge in [0.1, 0.15) is 11.4 Å². The maximum Gasteiger partial charge on any atom is 0.413 e. The summed E-state index contributed by atoms with van der Waals surface area (Å²) < 4.78 is 31.5. The molecular formula is C35H42FN3O9. The van der Waals surface area contributed by atoms with E-state index in [0.717, 1.165) is 24.2 Å². The van der Waals surface area contributed by atoms with Crippen molar-refractivity contribution in [3.8, 4) is 0 Å². The largest absolute Gasteiger partial charge is 0.477 e. The van der Waals surface area contributed by atoms with Crippen molar-refractivity contribution in [3.05, 3.63) is 74.8 Å². The van der Waals surface area contributed by atoms with Crippen LogP contribution in [0.1, 0.15) is 74.5 Å². The van der Waals surface area contributed by atoms with Crippen molar-refractivity contribution < 1.29 is 42.9 Å². The summed E-state index contributed by atoms with van der Waals surface area (Å²) in [6, 6.07) is 8.54. The predicted octanol–water partition coefficient (Wildman–Crippen LogP) is 5.01. The van der Waals surface area contributed by atoms with Gasteiger partial charge in [-0.1, -0.05) is 45.0 Å². The fraction of sp³-hybridized carbons (Fsp3) is 0.457. The minimum absolute atomic E-state index is 0.0680. The molecule has 2 aromatic carbocycles. The molecule has 0 saturated carbocycles. The minimum Gasteiger partial charge on any atom is -0.477 e. The van der Waals surface area contributed by atoms with Crippen LogP contribution in [0.2, 0.25) is 0 Å². The zero-order valence-electron chi connectivity index (χ0n) is 28.0. The van der Waals surface area contributed by atoms with Crippen LogP contribution in [-0.2, 0) is 36.6 Å². The van der Waals surface area contributed by atoms with Gasteiger partial charge in [-0.15, -0.1) is 0 Å². The molecule has 2 atom stereocenters. The zero-order valence-corrected chi connectivity index (χ0v) is 28.0. The fourth-order valence-electron chi connectivity index (χ4n) is 5.68. The number of benzene rings is 2. The van der Waals surface area contributed by atoms with Gasteiger partial charge in [-0.2, -0.15) is 0 Å². The summed E-state index contributed by atoms with van der Waals surface area (Å²) in [4.78, 5) is 69.1. The second kappa shape index (κ2) is 15.3. The average Bonchev–Trinajstić information content (AvgIpc) is 3.03. The molecule has 12 nitrogen and oxygen atoms in total. The van der Waals surface area contributed by atoms with Gasteiger partial charge >= 0.3 is 30.3 Å². The number of aromatic carboxylic acids is 1. The first-order valence-corrected chi connectivity index (χ1v) is 16.0. The van der Waals surface area contributed by atoms with Crippen LogP contribution in [0.3, 0.4) is 0 Å². The van der Waals surface area contributed by atoms with Crippen molar-refractivity contribution in [2.24, 2.45) is 5.92 Å². The molecule has 0 bridgehead atoms. The van der Waals surface area contributed by atoms with E-state index in [2.05, 4.69) is 18.8 Å². The Morgan fingerprint density at radius 2 is 1.58 bits per heavy atom. The number of esters is 2. The highest BCUT2D eigenvalue weighted by Crippen LogP contribution is 2.32. The number of pyridine rings is 1. The van der Waals surface area contributed by atoms with Gasteiger partial charge in [0.25, 0.3) is 0 Å². The Morgan fingerprint density at radius 3 is 2.15 bits per heavy atom. The molecule has 1 aromatic heterocycles. The topological polar surface area (TPSA) is 156 Å². The van der Waals surface area contributed by atoms with E-state index in [-0.39, 0.29) is 37.3 Å². The molecule has 2 unspecified atom stereocenters. The van der Waals surface area contributed by atoms with Gasteiger partial charge in [0.15, 0.2) is 0 Å². The van der Waals surface area contributed by atoms with Crippen LogP contribution in [0.4, 0.5) is 14.9 Å². The maximum atomic E-state index is 15.5. The number of carboxylic acids is 1. The summed E-state index contributed by atoms with van der Waals surface area (Å²) in [7, 11) is 0. The van der Waals surface area contributed by atoms with E-state index in [4.69, 9.17) is 14.2 Å². The Hall–Kier alpha value is -4.94. The lowest BCUT2D eigenvalue weighted by atomic mass is 9.97. The van der Waals surface area contributed by atoms with Gasteiger partial charge in [0.05, 0.1) is 23.2 Å². The van der Waals surface area contributed by atoms with Crippen molar-refractivity contribution in [2.45, 2.75) is 72.7 Å². The Morgan fingerprint density at radius 1 is 0.938 bits per heavy atom. The van der Waals surface area contributed by atoms with E-state index in [1.807, 2.05) is 24.3 Å². The van der Waals surface area contributed by atoms with Crippen molar-refractivity contribution in [1.82, 2.24) is 9.88 Å². The number of nitrogens with zero attached hydrogens (tertiary/aromatic N) is 2. The molecule has 258 valence electrons. The lowest BCUT2D eigenvalue weighted by Gasteiger charge is -2.37. The van der Waals surface area contributed by atoms with Crippen LogP contribution in [0, 0.1) is 11.7 Å². The standard InChI is InChI=1S/C35H42FN3O9/c1-7-24-28-25(30(40)26(18-37-28)31(41)42)17-27(36)29(24)38-12-14-39(15-13-38)35(45)48-34(33(44)46-20(4)5)47-32(43)21(6)23-10-8-22(9-11-23)16-19(2)3/h8-11,17-21,34H,7,12-16H2,1-6H3,(H,37,40)(H,41,42). The number of hydrogen-bond acceptors (Lipinski definition) is 9. The quantitative estimate of drug-likeness (QED) is 0.211. The summed E-state index contributed by atoms with van der Waals surface area (Å²) in [6.07, 6.45) is -1.11. The highest BCUT2D eigenvalue weighted by molar-refractivity contribution is 5.95. The van der Waals surface area contributed by atoms with Gasteiger partial charge in [-0.25, -0.2) is 18.8 Å². The van der Waals surface area contributed by atoms with E-state index in [9.17, 15) is 29.1 Å². The number of fused-ring (bicyclic) bond motifs is 1. The molecule has 0 spiro atoms. The van der Waals surface area contributed by atoms with E-state index < -0.39 is 59.1 Å². The van der Waals surface area contributed by atoms with Crippen LogP contribution in [-0.4, -0.2) is 77.6 Å². The second-order valence-electron chi connectivity index (χ2n) is 12.5. The first kappa shape index (κ1) is 35.9. The summed E-state index contributed by atoms with van der Waals surface area (Å²) >= 11 is 0. The van der Waals surface area contributed by atoms with Gasteiger partial charge < -0.3 is 34.1 Å². The number of nitrogens with one attached hydrogen (secondary N) is 1. The number of aryl methyl sites for hydroxylation is 1. The van der Waals surface area contributed by atoms with E-state index in [1.54, 1.807) is 32.6 Å². The number of ether oxygens (including phenoxy) is 3. The molecular weight excluding hydrogens is 625 g/mol. The molecule has 0 aliphatic carbocycles. The molecule has 1 aliphatic rings. The van der Waals surface area contributed by atoms with E-state index >= 15 is 4.39 Å². The van der Waals surface area contributed by atoms with Crippen LogP contribution >= 0.6 is 0 Å². The number of H-pyrrole nitrogens is 1. The number of amides is 1. The smallest absolute Gasteiger partial charge is 0.413 e. The number of hydrogen-bond donors (Lipinski definition) is 2. The minimum atomic E-state index is -1.94. The molecule has 4 rings (SSSR count). The highest BCUT2D eigenvalue weighted by atomic mass is 19.1. The van der Waals surface area contributed by atoms with Gasteiger partial charge in [-0.3, -0.25) is 9.59 Å². The number of anilines is 1. The number of piperazine rings is 1. The number of aromatic amines is 1. The molecule has 3 aromatic rings. The SMILES string of the molecule is CCc1c(N2CCN(C(=O)OC(OC(=O)C(C)c3ccc(CC(C)C)cc3)C(=O)OC(C)C)CC2)c(F)cc2c(=O)c(C(=O)O)c[nH]c12. The van der Waals surface area contributed by atoms with Gasteiger partial charge in [0, 0.05) is 43.3 Å². The fourth-order valence-corrected chi connectivity index (χ4v) is 5.68. The Balaban J connectivity index is 1.46. The molecule has 0 radical (unpaired) electrons. The average molecular weight is 668 g/mol. The lowest BCUT2D eigenvalue weighted by molar-refractivity contribution is -0.195.